The van der Waals surface area contributed by atoms with Crippen LogP contribution in [0.3, 0.4) is 0 Å². The third-order valence-corrected chi connectivity index (χ3v) is 3.88. The van der Waals surface area contributed by atoms with Gasteiger partial charge in [-0.15, -0.1) is 0 Å². The Kier molecular flexibility index (Phi) is 5.14. The molecule has 132 valence electrons. The van der Waals surface area contributed by atoms with Gasteiger partial charge in [-0.05, 0) is 35.8 Å². The van der Waals surface area contributed by atoms with Gasteiger partial charge < -0.3 is 20.1 Å². The highest BCUT2D eigenvalue weighted by molar-refractivity contribution is 5.67. The number of fused-ring (bicyclic) bond motifs is 1. The predicted octanol–water partition coefficient (Wildman–Crippen LogP) is 1.71. The number of ether oxygens (including phenoxy) is 1. The zero-order chi connectivity index (χ0) is 17.8. The minimum atomic E-state index is -0.0445. The van der Waals surface area contributed by atoms with Gasteiger partial charge in [0.15, 0.2) is 0 Å². The van der Waals surface area contributed by atoms with Crippen LogP contribution in [0.15, 0.2) is 28.2 Å². The minimum Gasteiger partial charge on any atom is -0.492 e. The molecule has 1 aromatic carbocycles. The highest BCUT2D eigenvalue weighted by atomic mass is 16.5. The molecule has 7 nitrogen and oxygen atoms in total. The molecule has 1 unspecified atom stereocenters. The summed E-state index contributed by atoms with van der Waals surface area (Å²) in [5.74, 6) is 1.01. The number of methoxy groups -OCH3 is 1. The highest BCUT2D eigenvalue weighted by Gasteiger charge is 2.14. The van der Waals surface area contributed by atoms with Crippen molar-refractivity contribution < 1.29 is 9.84 Å². The molecule has 3 N–H and O–H groups in total. The first kappa shape index (κ1) is 17.2. The molecular formula is C18H23N5O2. The third kappa shape index (κ3) is 4.24. The molecule has 1 atom stereocenters. The Morgan fingerprint density at radius 3 is 2.96 bits per heavy atom. The fraction of sp³-hybridized carbons (Fsp3) is 0.389. The topological polar surface area (TPSA) is 94.9 Å². The lowest BCUT2D eigenvalue weighted by Crippen LogP contribution is -2.27. The van der Waals surface area contributed by atoms with E-state index >= 15 is 0 Å². The van der Waals surface area contributed by atoms with Gasteiger partial charge in [0, 0.05) is 7.11 Å². The summed E-state index contributed by atoms with van der Waals surface area (Å²) in [6.45, 7) is 4.89. The zero-order valence-corrected chi connectivity index (χ0v) is 14.7. The summed E-state index contributed by atoms with van der Waals surface area (Å²) in [5, 5.41) is 15.2. The SMILES string of the molecule is COCC(CC(C)C)Nc1nc(O)c(C=c2ccc3c(c2)N=CN=3)[nH]1. The van der Waals surface area contributed by atoms with Gasteiger partial charge in [0.1, 0.15) is 12.0 Å². The summed E-state index contributed by atoms with van der Waals surface area (Å²) >= 11 is 0. The monoisotopic (exact) mass is 341 g/mol. The Hall–Kier alpha value is -2.67. The molecule has 0 saturated heterocycles. The van der Waals surface area contributed by atoms with Crippen LogP contribution >= 0.6 is 0 Å². The first-order chi connectivity index (χ1) is 12.0. The van der Waals surface area contributed by atoms with E-state index in [1.165, 1.54) is 6.34 Å². The summed E-state index contributed by atoms with van der Waals surface area (Å²) in [5.41, 5.74) is 1.37. The van der Waals surface area contributed by atoms with Crippen LogP contribution in [-0.2, 0) is 4.74 Å². The van der Waals surface area contributed by atoms with Crippen LogP contribution in [0.4, 0.5) is 11.6 Å². The molecule has 3 rings (SSSR count). The maximum absolute atomic E-state index is 10.1. The number of aliphatic imine (C=N–C) groups is 1. The quantitative estimate of drug-likeness (QED) is 0.714. The van der Waals surface area contributed by atoms with Crippen LogP contribution in [0.25, 0.3) is 6.08 Å². The minimum absolute atomic E-state index is 0.0445. The molecule has 2 aromatic rings. The third-order valence-electron chi connectivity index (χ3n) is 3.88. The van der Waals surface area contributed by atoms with Gasteiger partial charge in [-0.3, -0.25) is 0 Å². The van der Waals surface area contributed by atoms with E-state index in [0.29, 0.717) is 24.2 Å². The Morgan fingerprint density at radius 1 is 1.36 bits per heavy atom. The number of aromatic hydroxyl groups is 1. The van der Waals surface area contributed by atoms with E-state index in [-0.39, 0.29) is 11.9 Å². The van der Waals surface area contributed by atoms with Crippen molar-refractivity contribution in [1.82, 2.24) is 9.97 Å². The van der Waals surface area contributed by atoms with Crippen molar-refractivity contribution in [2.24, 2.45) is 15.9 Å². The Labute approximate surface area is 146 Å². The molecule has 1 aliphatic rings. The average Bonchev–Trinajstić information content (AvgIpc) is 3.13. The second-order valence-corrected chi connectivity index (χ2v) is 6.52. The van der Waals surface area contributed by atoms with Crippen molar-refractivity contribution in [3.63, 3.8) is 0 Å². The molecule has 1 aromatic heterocycles. The smallest absolute Gasteiger partial charge is 0.238 e. The number of nitrogens with one attached hydrogen (secondary N) is 2. The molecule has 1 aliphatic heterocycles. The summed E-state index contributed by atoms with van der Waals surface area (Å²) < 4.78 is 5.26. The molecule has 0 saturated carbocycles. The molecule has 2 heterocycles. The van der Waals surface area contributed by atoms with E-state index in [9.17, 15) is 5.11 Å². The number of hydrogen-bond donors (Lipinski definition) is 3. The molecule has 0 radical (unpaired) electrons. The van der Waals surface area contributed by atoms with Gasteiger partial charge in [0.05, 0.1) is 23.7 Å². The average molecular weight is 341 g/mol. The number of anilines is 1. The summed E-state index contributed by atoms with van der Waals surface area (Å²) in [6.07, 6.45) is 4.31. The lowest BCUT2D eigenvalue weighted by Gasteiger charge is -2.19. The number of H-pyrrole nitrogens is 1. The van der Waals surface area contributed by atoms with Gasteiger partial charge in [-0.1, -0.05) is 19.9 Å². The van der Waals surface area contributed by atoms with Crippen LogP contribution in [0.1, 0.15) is 26.0 Å². The van der Waals surface area contributed by atoms with Crippen molar-refractivity contribution in [3.05, 3.63) is 34.5 Å². The summed E-state index contributed by atoms with van der Waals surface area (Å²) in [6, 6.07) is 5.87. The molecule has 25 heavy (non-hydrogen) atoms. The van der Waals surface area contributed by atoms with Crippen molar-refractivity contribution in [3.8, 4) is 5.88 Å². The molecule has 0 bridgehead atoms. The largest absolute Gasteiger partial charge is 0.492 e. The van der Waals surface area contributed by atoms with Crippen molar-refractivity contribution >= 4 is 24.1 Å². The first-order valence-electron chi connectivity index (χ1n) is 8.31. The van der Waals surface area contributed by atoms with Crippen LogP contribution in [0, 0.1) is 5.92 Å². The van der Waals surface area contributed by atoms with Crippen molar-refractivity contribution in [1.29, 1.82) is 0 Å². The number of benzene rings is 1. The number of aromatic nitrogens is 2. The molecule has 0 amide bonds. The second kappa shape index (κ2) is 7.48. The summed E-state index contributed by atoms with van der Waals surface area (Å²) in [7, 11) is 1.68. The Morgan fingerprint density at radius 2 is 2.20 bits per heavy atom. The van der Waals surface area contributed by atoms with Crippen molar-refractivity contribution in [2.75, 3.05) is 19.0 Å². The highest BCUT2D eigenvalue weighted by Crippen LogP contribution is 2.19. The van der Waals surface area contributed by atoms with Crippen LogP contribution in [0.5, 0.6) is 5.88 Å². The fourth-order valence-corrected chi connectivity index (χ4v) is 2.84. The summed E-state index contributed by atoms with van der Waals surface area (Å²) in [4.78, 5) is 15.6. The van der Waals surface area contributed by atoms with Crippen molar-refractivity contribution in [2.45, 2.75) is 26.3 Å². The van der Waals surface area contributed by atoms with E-state index in [2.05, 4.69) is 39.1 Å². The van der Waals surface area contributed by atoms with Gasteiger partial charge >= 0.3 is 0 Å². The normalized spacial score (nSPS) is 14.6. The Bertz CT molecular complexity index is 885. The van der Waals surface area contributed by atoms with Crippen LogP contribution in [-0.4, -0.2) is 41.2 Å². The molecule has 0 aliphatic carbocycles. The number of rotatable bonds is 7. The van der Waals surface area contributed by atoms with Gasteiger partial charge in [0.2, 0.25) is 11.8 Å². The number of aromatic amines is 1. The zero-order valence-electron chi connectivity index (χ0n) is 14.7. The molecule has 0 fully saturated rings. The maximum atomic E-state index is 10.1. The van der Waals surface area contributed by atoms with E-state index in [1.807, 2.05) is 24.3 Å². The van der Waals surface area contributed by atoms with Gasteiger partial charge in [-0.25, -0.2) is 9.98 Å². The van der Waals surface area contributed by atoms with E-state index in [4.69, 9.17) is 4.74 Å². The van der Waals surface area contributed by atoms with Gasteiger partial charge in [-0.2, -0.15) is 4.98 Å². The lowest BCUT2D eigenvalue weighted by atomic mass is 10.0. The maximum Gasteiger partial charge on any atom is 0.238 e. The Balaban J connectivity index is 1.81. The predicted molar refractivity (Wildman–Crippen MR) is 97.9 cm³/mol. The number of imidazole rings is 1. The van der Waals surface area contributed by atoms with Crippen LogP contribution in [0.2, 0.25) is 0 Å². The number of hydrogen-bond acceptors (Lipinski definition) is 6. The lowest BCUT2D eigenvalue weighted by molar-refractivity contribution is 0.178. The molecule has 0 spiro atoms. The van der Waals surface area contributed by atoms with E-state index < -0.39 is 0 Å². The number of nitrogens with zero attached hydrogens (tertiary/aromatic N) is 3. The molecular weight excluding hydrogens is 318 g/mol. The molecule has 7 heteroatoms. The first-order valence-corrected chi connectivity index (χ1v) is 8.31. The van der Waals surface area contributed by atoms with E-state index in [1.54, 1.807) is 7.11 Å². The van der Waals surface area contributed by atoms with E-state index in [0.717, 1.165) is 22.7 Å². The second-order valence-electron chi connectivity index (χ2n) is 6.52. The standard InChI is InChI=1S/C18H23N5O2/c1-11(2)6-13(9-25-3)21-18-22-16(17(24)23-18)8-12-4-5-14-15(7-12)20-10-19-14/h4-5,7-8,10-11,13,24H,6,9H2,1-3H3,(H2,21,22,23). The van der Waals surface area contributed by atoms with Crippen LogP contribution < -0.4 is 15.9 Å². The fourth-order valence-electron chi connectivity index (χ4n) is 2.84. The van der Waals surface area contributed by atoms with Gasteiger partial charge in [0.25, 0.3) is 0 Å².